The lowest BCUT2D eigenvalue weighted by Gasteiger charge is -2.09. The van der Waals surface area contributed by atoms with Crippen LogP contribution < -0.4 is 5.73 Å². The van der Waals surface area contributed by atoms with Gasteiger partial charge in [0.15, 0.2) is 5.78 Å². The van der Waals surface area contributed by atoms with Gasteiger partial charge in [-0.3, -0.25) is 4.79 Å². The van der Waals surface area contributed by atoms with Gasteiger partial charge in [0, 0.05) is 11.3 Å². The number of halogens is 1. The molecule has 0 saturated heterocycles. The number of benzene rings is 3. The van der Waals surface area contributed by atoms with E-state index in [1.807, 2.05) is 36.4 Å². The molecule has 0 unspecified atom stereocenters. The Morgan fingerprint density at radius 3 is 2.40 bits per heavy atom. The molecule has 98 valence electrons. The normalized spacial score (nSPS) is 10.7. The average Bonchev–Trinajstić information content (AvgIpc) is 2.46. The molecule has 3 aromatic rings. The minimum Gasteiger partial charge on any atom is -0.398 e. The van der Waals surface area contributed by atoms with E-state index < -0.39 is 0 Å². The molecule has 0 atom stereocenters. The second-order valence-corrected chi connectivity index (χ2v) is 4.97. The van der Waals surface area contributed by atoms with Crippen LogP contribution in [-0.2, 0) is 0 Å². The van der Waals surface area contributed by atoms with Crippen molar-refractivity contribution in [3.63, 3.8) is 0 Å². The largest absolute Gasteiger partial charge is 0.398 e. The molecule has 0 heterocycles. The van der Waals surface area contributed by atoms with Crippen LogP contribution in [0.15, 0.2) is 60.7 Å². The Bertz CT molecular complexity index is 785. The van der Waals surface area contributed by atoms with E-state index in [-0.39, 0.29) is 5.78 Å². The Morgan fingerprint density at radius 2 is 1.60 bits per heavy atom. The molecule has 3 aromatic carbocycles. The Morgan fingerprint density at radius 1 is 0.900 bits per heavy atom. The molecule has 0 radical (unpaired) electrons. The van der Waals surface area contributed by atoms with Crippen molar-refractivity contribution in [3.8, 4) is 0 Å². The van der Waals surface area contributed by atoms with Crippen LogP contribution in [0.4, 0.5) is 5.69 Å². The number of hydrogen-bond donors (Lipinski definition) is 1. The van der Waals surface area contributed by atoms with Crippen LogP contribution in [0.25, 0.3) is 10.8 Å². The fourth-order valence-corrected chi connectivity index (χ4v) is 2.61. The summed E-state index contributed by atoms with van der Waals surface area (Å²) in [6, 6.07) is 18.5. The number of rotatable bonds is 2. The minimum atomic E-state index is -0.148. The maximum Gasteiger partial charge on any atom is 0.197 e. The predicted molar refractivity (Wildman–Crippen MR) is 83.2 cm³/mol. The maximum absolute atomic E-state index is 12.7. The lowest BCUT2D eigenvalue weighted by molar-refractivity contribution is 0.104. The molecule has 0 bridgehead atoms. The van der Waals surface area contributed by atoms with Crippen molar-refractivity contribution in [1.29, 1.82) is 0 Å². The highest BCUT2D eigenvalue weighted by Gasteiger charge is 2.17. The summed E-state index contributed by atoms with van der Waals surface area (Å²) >= 11 is 6.12. The van der Waals surface area contributed by atoms with Crippen LogP contribution in [0.1, 0.15) is 15.9 Å². The molecule has 0 aromatic heterocycles. The molecule has 3 heteroatoms. The monoisotopic (exact) mass is 281 g/mol. The average molecular weight is 282 g/mol. The van der Waals surface area contributed by atoms with Crippen LogP contribution in [-0.4, -0.2) is 5.78 Å². The summed E-state index contributed by atoms with van der Waals surface area (Å²) in [6.07, 6.45) is 0. The molecule has 0 amide bonds. The minimum absolute atomic E-state index is 0.148. The highest BCUT2D eigenvalue weighted by Crippen LogP contribution is 2.28. The van der Waals surface area contributed by atoms with E-state index in [0.717, 1.165) is 10.8 Å². The molecule has 2 nitrogen and oxygen atoms in total. The lowest BCUT2D eigenvalue weighted by Crippen LogP contribution is -2.06. The molecular weight excluding hydrogens is 270 g/mol. The number of carbonyl (C=O) groups is 1. The van der Waals surface area contributed by atoms with Crippen LogP contribution in [0.3, 0.4) is 0 Å². The van der Waals surface area contributed by atoms with Gasteiger partial charge in [-0.15, -0.1) is 0 Å². The summed E-state index contributed by atoms with van der Waals surface area (Å²) < 4.78 is 0. The van der Waals surface area contributed by atoms with E-state index in [9.17, 15) is 4.79 Å². The zero-order valence-electron chi connectivity index (χ0n) is 10.6. The molecule has 3 rings (SSSR count). The van der Waals surface area contributed by atoms with Gasteiger partial charge < -0.3 is 5.73 Å². The third-order valence-electron chi connectivity index (χ3n) is 3.31. The smallest absolute Gasteiger partial charge is 0.197 e. The Hall–Kier alpha value is -2.32. The Balaban J connectivity index is 2.24. The summed E-state index contributed by atoms with van der Waals surface area (Å²) in [5.74, 6) is -0.148. The Kier molecular flexibility index (Phi) is 3.17. The van der Waals surface area contributed by atoms with Crippen molar-refractivity contribution >= 4 is 33.8 Å². The zero-order valence-corrected chi connectivity index (χ0v) is 11.4. The summed E-state index contributed by atoms with van der Waals surface area (Å²) in [6.45, 7) is 0. The van der Waals surface area contributed by atoms with Gasteiger partial charge in [0.25, 0.3) is 0 Å². The Labute approximate surface area is 121 Å². The molecule has 0 aliphatic rings. The van der Waals surface area contributed by atoms with E-state index in [4.69, 9.17) is 17.3 Å². The summed E-state index contributed by atoms with van der Waals surface area (Å²) in [7, 11) is 0. The van der Waals surface area contributed by atoms with Crippen molar-refractivity contribution in [2.24, 2.45) is 0 Å². The molecule has 0 aliphatic heterocycles. The highest BCUT2D eigenvalue weighted by atomic mass is 35.5. The third kappa shape index (κ3) is 2.04. The number of ketones is 1. The van der Waals surface area contributed by atoms with Crippen molar-refractivity contribution < 1.29 is 4.79 Å². The van der Waals surface area contributed by atoms with Gasteiger partial charge in [0.2, 0.25) is 0 Å². The van der Waals surface area contributed by atoms with Crippen LogP contribution in [0.5, 0.6) is 0 Å². The van der Waals surface area contributed by atoms with E-state index in [2.05, 4.69) is 0 Å². The van der Waals surface area contributed by atoms with E-state index in [0.29, 0.717) is 21.8 Å². The topological polar surface area (TPSA) is 43.1 Å². The second-order valence-electron chi connectivity index (χ2n) is 4.56. The fraction of sp³-hybridized carbons (Fsp3) is 0. The van der Waals surface area contributed by atoms with Crippen LogP contribution in [0.2, 0.25) is 5.02 Å². The van der Waals surface area contributed by atoms with Gasteiger partial charge in [-0.2, -0.15) is 0 Å². The SMILES string of the molecule is Nc1cccc(Cl)c1C(=O)c1cccc2ccccc12. The summed E-state index contributed by atoms with van der Waals surface area (Å²) in [5.41, 5.74) is 7.28. The van der Waals surface area contributed by atoms with Crippen molar-refractivity contribution in [3.05, 3.63) is 76.8 Å². The van der Waals surface area contributed by atoms with Crippen molar-refractivity contribution in [2.45, 2.75) is 0 Å². The van der Waals surface area contributed by atoms with Crippen LogP contribution in [0, 0.1) is 0 Å². The molecule has 0 fully saturated rings. The van der Waals surface area contributed by atoms with Gasteiger partial charge in [0.05, 0.1) is 10.6 Å². The van der Waals surface area contributed by atoms with E-state index >= 15 is 0 Å². The van der Waals surface area contributed by atoms with Gasteiger partial charge in [-0.25, -0.2) is 0 Å². The molecular formula is C17H12ClNO. The van der Waals surface area contributed by atoms with Gasteiger partial charge in [0.1, 0.15) is 0 Å². The second kappa shape index (κ2) is 4.99. The first-order valence-electron chi connectivity index (χ1n) is 6.25. The first kappa shape index (κ1) is 12.7. The molecule has 0 spiro atoms. The summed E-state index contributed by atoms with van der Waals surface area (Å²) in [5, 5.41) is 2.30. The number of nitrogens with two attached hydrogens (primary N) is 1. The standard InChI is InChI=1S/C17H12ClNO/c18-14-9-4-10-15(19)16(14)17(20)13-8-3-6-11-5-1-2-7-12(11)13/h1-10H,19H2. The van der Waals surface area contributed by atoms with Gasteiger partial charge in [-0.05, 0) is 22.9 Å². The number of hydrogen-bond acceptors (Lipinski definition) is 2. The highest BCUT2D eigenvalue weighted by molar-refractivity contribution is 6.36. The van der Waals surface area contributed by atoms with Gasteiger partial charge >= 0.3 is 0 Å². The molecule has 0 saturated carbocycles. The number of nitrogen functional groups attached to an aromatic ring is 1. The number of fused-ring (bicyclic) bond motifs is 1. The van der Waals surface area contributed by atoms with Crippen molar-refractivity contribution in [1.82, 2.24) is 0 Å². The predicted octanol–water partition coefficient (Wildman–Crippen LogP) is 4.31. The number of carbonyl (C=O) groups excluding carboxylic acids is 1. The van der Waals surface area contributed by atoms with Crippen molar-refractivity contribution in [2.75, 3.05) is 5.73 Å². The third-order valence-corrected chi connectivity index (χ3v) is 3.62. The molecule has 2 N–H and O–H groups in total. The van der Waals surface area contributed by atoms with E-state index in [1.165, 1.54) is 0 Å². The maximum atomic E-state index is 12.7. The first-order valence-corrected chi connectivity index (χ1v) is 6.63. The molecule has 0 aliphatic carbocycles. The van der Waals surface area contributed by atoms with Crippen LogP contribution >= 0.6 is 11.6 Å². The zero-order chi connectivity index (χ0) is 14.1. The molecule has 20 heavy (non-hydrogen) atoms. The lowest BCUT2D eigenvalue weighted by atomic mass is 9.96. The summed E-state index contributed by atoms with van der Waals surface area (Å²) in [4.78, 5) is 12.7. The van der Waals surface area contributed by atoms with E-state index in [1.54, 1.807) is 24.3 Å². The fourth-order valence-electron chi connectivity index (χ4n) is 2.34. The quantitative estimate of drug-likeness (QED) is 0.562. The van der Waals surface area contributed by atoms with Gasteiger partial charge in [-0.1, -0.05) is 60.1 Å². The number of anilines is 1. The first-order chi connectivity index (χ1) is 9.68.